The third-order valence-electron chi connectivity index (χ3n) is 5.27. The average Bonchev–Trinajstić information content (AvgIpc) is 3.26. The van der Waals surface area contributed by atoms with Gasteiger partial charge in [0.15, 0.2) is 11.6 Å². The molecule has 7 nitrogen and oxygen atoms in total. The van der Waals surface area contributed by atoms with Gasteiger partial charge in [-0.3, -0.25) is 19.7 Å². The third kappa shape index (κ3) is 3.00. The van der Waals surface area contributed by atoms with E-state index < -0.39 is 4.92 Å². The summed E-state index contributed by atoms with van der Waals surface area (Å²) in [5, 5.41) is 12.6. The van der Waals surface area contributed by atoms with Gasteiger partial charge in [-0.25, -0.2) is 0 Å². The summed E-state index contributed by atoms with van der Waals surface area (Å²) < 4.78 is 1.92. The molecule has 0 saturated carbocycles. The lowest BCUT2D eigenvalue weighted by molar-refractivity contribution is -0.384. The number of hydrogen-bond donors (Lipinski definition) is 1. The number of aromatic nitrogens is 2. The smallest absolute Gasteiger partial charge is 0.271 e. The van der Waals surface area contributed by atoms with Crippen LogP contribution in [0.4, 0.5) is 5.69 Å². The molecule has 0 aliphatic carbocycles. The van der Waals surface area contributed by atoms with Gasteiger partial charge in [0.25, 0.3) is 5.69 Å². The van der Waals surface area contributed by atoms with Crippen LogP contribution in [-0.4, -0.2) is 26.0 Å². The highest BCUT2D eigenvalue weighted by atomic mass is 16.6. The number of para-hydroxylation sites is 1. The minimum absolute atomic E-state index is 0.0508. The van der Waals surface area contributed by atoms with Gasteiger partial charge in [-0.05, 0) is 26.0 Å². The van der Waals surface area contributed by atoms with E-state index in [2.05, 4.69) is 4.98 Å². The van der Waals surface area contributed by atoms with E-state index in [1.165, 1.54) is 26.0 Å². The van der Waals surface area contributed by atoms with E-state index in [1.54, 1.807) is 12.3 Å². The van der Waals surface area contributed by atoms with Gasteiger partial charge in [-0.2, -0.15) is 0 Å². The predicted molar refractivity (Wildman–Crippen MR) is 116 cm³/mol. The SMILES string of the molecule is CC(=O)/C(=C(\C(C)=O)c1cn(C)c2ccccc12)c1c[nH]c2cc([N+](=O)[O-])ccc12. The highest BCUT2D eigenvalue weighted by Gasteiger charge is 2.24. The van der Waals surface area contributed by atoms with Crippen LogP contribution in [0.15, 0.2) is 54.9 Å². The van der Waals surface area contributed by atoms with Crippen LogP contribution in [0.3, 0.4) is 0 Å². The summed E-state index contributed by atoms with van der Waals surface area (Å²) in [6, 6.07) is 12.1. The first-order valence-electron chi connectivity index (χ1n) is 9.36. The molecule has 150 valence electrons. The van der Waals surface area contributed by atoms with Crippen LogP contribution < -0.4 is 0 Å². The molecule has 4 aromatic rings. The maximum absolute atomic E-state index is 12.8. The van der Waals surface area contributed by atoms with E-state index in [-0.39, 0.29) is 17.3 Å². The van der Waals surface area contributed by atoms with E-state index in [0.717, 1.165) is 10.9 Å². The Hall–Kier alpha value is -4.00. The van der Waals surface area contributed by atoms with E-state index >= 15 is 0 Å². The molecule has 0 aliphatic rings. The Kier molecular flexibility index (Phi) is 4.58. The van der Waals surface area contributed by atoms with Crippen molar-refractivity contribution in [3.63, 3.8) is 0 Å². The molecule has 0 saturated heterocycles. The number of carbonyl (C=O) groups excluding carboxylic acids is 2. The van der Waals surface area contributed by atoms with Gasteiger partial charge in [0, 0.05) is 70.1 Å². The number of carbonyl (C=O) groups is 2. The summed E-state index contributed by atoms with van der Waals surface area (Å²) in [5.74, 6) is -0.486. The fraction of sp³-hybridized carbons (Fsp3) is 0.130. The van der Waals surface area contributed by atoms with Gasteiger partial charge in [0.1, 0.15) is 0 Å². The Morgan fingerprint density at radius 3 is 2.30 bits per heavy atom. The fourth-order valence-electron chi connectivity index (χ4n) is 3.98. The Labute approximate surface area is 171 Å². The molecule has 7 heteroatoms. The average molecular weight is 401 g/mol. The van der Waals surface area contributed by atoms with Crippen molar-refractivity contribution in [2.75, 3.05) is 0 Å². The van der Waals surface area contributed by atoms with Crippen LogP contribution in [0, 0.1) is 10.1 Å². The number of nitrogens with one attached hydrogen (secondary N) is 1. The van der Waals surface area contributed by atoms with E-state index in [1.807, 2.05) is 42.1 Å². The zero-order chi connectivity index (χ0) is 21.6. The zero-order valence-corrected chi connectivity index (χ0v) is 16.7. The van der Waals surface area contributed by atoms with Crippen molar-refractivity contribution in [3.8, 4) is 0 Å². The molecule has 0 fully saturated rings. The summed E-state index contributed by atoms with van der Waals surface area (Å²) in [7, 11) is 1.89. The van der Waals surface area contributed by atoms with Crippen molar-refractivity contribution >= 4 is 50.2 Å². The number of nitro benzene ring substituents is 1. The molecule has 0 spiro atoms. The molecule has 0 bridgehead atoms. The van der Waals surface area contributed by atoms with Crippen LogP contribution in [-0.2, 0) is 16.6 Å². The molecular formula is C23H19N3O4. The number of fused-ring (bicyclic) bond motifs is 2. The van der Waals surface area contributed by atoms with Gasteiger partial charge >= 0.3 is 0 Å². The Morgan fingerprint density at radius 1 is 0.967 bits per heavy atom. The number of ketones is 2. The molecular weight excluding hydrogens is 382 g/mol. The Balaban J connectivity index is 2.07. The molecule has 0 atom stereocenters. The van der Waals surface area contributed by atoms with Gasteiger partial charge in [0.2, 0.25) is 0 Å². The van der Waals surface area contributed by atoms with Crippen molar-refractivity contribution in [1.82, 2.24) is 9.55 Å². The Morgan fingerprint density at radius 2 is 1.63 bits per heavy atom. The number of benzene rings is 2. The number of nitrogens with zero attached hydrogens (tertiary/aromatic N) is 2. The van der Waals surface area contributed by atoms with Crippen molar-refractivity contribution in [1.29, 1.82) is 0 Å². The number of aryl methyl sites for hydroxylation is 1. The first kappa shape index (κ1) is 19.3. The second-order valence-corrected chi connectivity index (χ2v) is 7.22. The summed E-state index contributed by atoms with van der Waals surface area (Å²) in [5.41, 5.74) is 3.28. The molecule has 0 radical (unpaired) electrons. The van der Waals surface area contributed by atoms with Crippen molar-refractivity contribution in [3.05, 3.63) is 76.1 Å². The second-order valence-electron chi connectivity index (χ2n) is 7.22. The number of allylic oxidation sites excluding steroid dienone is 2. The molecule has 2 heterocycles. The lowest BCUT2D eigenvalue weighted by atomic mass is 9.89. The summed E-state index contributed by atoms with van der Waals surface area (Å²) in [6.45, 7) is 2.87. The molecule has 2 aromatic heterocycles. The lowest BCUT2D eigenvalue weighted by Crippen LogP contribution is -2.06. The highest BCUT2D eigenvalue weighted by Crippen LogP contribution is 2.36. The normalized spacial score (nSPS) is 12.2. The van der Waals surface area contributed by atoms with Gasteiger partial charge in [-0.1, -0.05) is 18.2 Å². The first-order valence-corrected chi connectivity index (χ1v) is 9.36. The molecule has 4 rings (SSSR count). The summed E-state index contributed by atoms with van der Waals surface area (Å²) in [6.07, 6.45) is 3.48. The lowest BCUT2D eigenvalue weighted by Gasteiger charge is -2.11. The minimum atomic E-state index is -0.473. The number of rotatable bonds is 5. The fourth-order valence-corrected chi connectivity index (χ4v) is 3.98. The summed E-state index contributed by atoms with van der Waals surface area (Å²) in [4.78, 5) is 39.2. The molecule has 0 unspecified atom stereocenters. The largest absolute Gasteiger partial charge is 0.360 e. The molecule has 1 N–H and O–H groups in total. The molecule has 2 aromatic carbocycles. The highest BCUT2D eigenvalue weighted by molar-refractivity contribution is 6.42. The van der Waals surface area contributed by atoms with Crippen LogP contribution in [0.1, 0.15) is 25.0 Å². The number of H-pyrrole nitrogens is 1. The number of Topliss-reactive ketones (excluding diaryl/α,β-unsaturated/α-hetero) is 2. The topological polar surface area (TPSA) is 98.0 Å². The Bertz CT molecular complexity index is 1390. The maximum atomic E-state index is 12.8. The van der Waals surface area contributed by atoms with Crippen molar-refractivity contribution in [2.45, 2.75) is 13.8 Å². The van der Waals surface area contributed by atoms with Crippen LogP contribution in [0.25, 0.3) is 33.0 Å². The van der Waals surface area contributed by atoms with Gasteiger partial charge < -0.3 is 9.55 Å². The van der Waals surface area contributed by atoms with Crippen LogP contribution in [0.2, 0.25) is 0 Å². The maximum Gasteiger partial charge on any atom is 0.271 e. The van der Waals surface area contributed by atoms with Crippen molar-refractivity contribution in [2.24, 2.45) is 7.05 Å². The number of hydrogen-bond acceptors (Lipinski definition) is 4. The van der Waals surface area contributed by atoms with E-state index in [4.69, 9.17) is 0 Å². The monoisotopic (exact) mass is 401 g/mol. The second kappa shape index (κ2) is 7.11. The number of nitro groups is 1. The molecule has 30 heavy (non-hydrogen) atoms. The molecule has 0 aliphatic heterocycles. The minimum Gasteiger partial charge on any atom is -0.360 e. The van der Waals surface area contributed by atoms with Crippen molar-refractivity contribution < 1.29 is 14.5 Å². The first-order chi connectivity index (χ1) is 14.3. The van der Waals surface area contributed by atoms with E-state index in [0.29, 0.717) is 33.2 Å². The third-order valence-corrected chi connectivity index (χ3v) is 5.27. The van der Waals surface area contributed by atoms with Crippen LogP contribution >= 0.6 is 0 Å². The number of aromatic amines is 1. The van der Waals surface area contributed by atoms with Gasteiger partial charge in [-0.15, -0.1) is 0 Å². The number of non-ortho nitro benzene ring substituents is 1. The van der Waals surface area contributed by atoms with E-state index in [9.17, 15) is 19.7 Å². The summed E-state index contributed by atoms with van der Waals surface area (Å²) >= 11 is 0. The predicted octanol–water partition coefficient (Wildman–Crippen LogP) is 4.66. The van der Waals surface area contributed by atoms with Gasteiger partial charge in [0.05, 0.1) is 10.4 Å². The van der Waals surface area contributed by atoms with Crippen LogP contribution in [0.5, 0.6) is 0 Å². The molecule has 0 amide bonds. The quantitative estimate of drug-likeness (QED) is 0.299. The standard InChI is InChI=1S/C23H19N3O4/c1-13(27)22(18-11-24-20-10-15(26(29)30)8-9-16(18)20)23(14(2)28)19-12-25(3)21-7-5-4-6-17(19)21/h4-12,24H,1-3H3/b23-22-. The zero-order valence-electron chi connectivity index (χ0n) is 16.7.